The SMILES string of the molecule is CCc1cccc(N2C(=O)CN(S(=O)(=O)c3ccccc3)C[C@]2(C)C(=O)NCc2ccccc2)c1. The first-order chi connectivity index (χ1) is 16.8. The Hall–Kier alpha value is -3.49. The first kappa shape index (κ1) is 24.6. The van der Waals surface area contributed by atoms with Gasteiger partial charge in [-0.05, 0) is 48.7 Å². The fourth-order valence-corrected chi connectivity index (χ4v) is 5.87. The van der Waals surface area contributed by atoms with Gasteiger partial charge in [-0.15, -0.1) is 0 Å². The largest absolute Gasteiger partial charge is 0.350 e. The average Bonchev–Trinajstić information content (AvgIpc) is 2.88. The molecule has 7 nitrogen and oxygen atoms in total. The van der Waals surface area contributed by atoms with E-state index >= 15 is 0 Å². The van der Waals surface area contributed by atoms with Crippen molar-refractivity contribution in [2.75, 3.05) is 18.0 Å². The minimum atomic E-state index is -3.98. The third-order valence-electron chi connectivity index (χ3n) is 6.28. The summed E-state index contributed by atoms with van der Waals surface area (Å²) in [6.07, 6.45) is 0.765. The van der Waals surface area contributed by atoms with Gasteiger partial charge in [0.15, 0.2) is 0 Å². The summed E-state index contributed by atoms with van der Waals surface area (Å²) in [4.78, 5) is 28.7. The molecule has 1 heterocycles. The molecular weight excluding hydrogens is 462 g/mol. The van der Waals surface area contributed by atoms with Crippen LogP contribution in [0.1, 0.15) is 25.0 Å². The van der Waals surface area contributed by atoms with Crippen molar-refractivity contribution < 1.29 is 18.0 Å². The normalized spacial score (nSPS) is 18.9. The molecule has 0 bridgehead atoms. The van der Waals surface area contributed by atoms with Gasteiger partial charge in [-0.25, -0.2) is 8.42 Å². The Kier molecular flexibility index (Phi) is 7.05. The van der Waals surface area contributed by atoms with Crippen molar-refractivity contribution in [1.82, 2.24) is 9.62 Å². The Balaban J connectivity index is 1.72. The van der Waals surface area contributed by atoms with Crippen LogP contribution in [0.4, 0.5) is 5.69 Å². The Labute approximate surface area is 206 Å². The van der Waals surface area contributed by atoms with Gasteiger partial charge in [0, 0.05) is 18.8 Å². The molecule has 8 heteroatoms. The molecule has 1 N–H and O–H groups in total. The molecule has 1 aliphatic heterocycles. The number of carbonyl (C=O) groups is 2. The van der Waals surface area contributed by atoms with Gasteiger partial charge in [-0.3, -0.25) is 14.5 Å². The van der Waals surface area contributed by atoms with Crippen LogP contribution < -0.4 is 10.2 Å². The highest BCUT2D eigenvalue weighted by molar-refractivity contribution is 7.89. The van der Waals surface area contributed by atoms with E-state index in [1.54, 1.807) is 31.2 Å². The van der Waals surface area contributed by atoms with E-state index in [0.717, 1.165) is 21.9 Å². The van der Waals surface area contributed by atoms with E-state index in [0.29, 0.717) is 5.69 Å². The van der Waals surface area contributed by atoms with Crippen LogP contribution in [0.15, 0.2) is 89.8 Å². The standard InChI is InChI=1S/C27H29N3O4S/c1-3-21-13-10-14-23(17-21)30-25(31)19-29(35(33,34)24-15-8-5-9-16-24)20-27(30,2)26(32)28-18-22-11-6-4-7-12-22/h4-17H,3,18-20H2,1-2H3,(H,28,32)/t27-/m1/s1. The van der Waals surface area contributed by atoms with Crippen molar-refractivity contribution in [3.63, 3.8) is 0 Å². The first-order valence-electron chi connectivity index (χ1n) is 11.5. The zero-order valence-corrected chi connectivity index (χ0v) is 20.7. The second-order valence-corrected chi connectivity index (χ2v) is 10.7. The van der Waals surface area contributed by atoms with Crippen LogP contribution in [-0.4, -0.2) is 43.2 Å². The zero-order chi connectivity index (χ0) is 25.1. The second kappa shape index (κ2) is 10.0. The molecule has 3 aromatic carbocycles. The summed E-state index contributed by atoms with van der Waals surface area (Å²) >= 11 is 0. The molecular formula is C27H29N3O4S. The minimum absolute atomic E-state index is 0.0845. The molecule has 4 rings (SSSR count). The number of hydrogen-bond donors (Lipinski definition) is 1. The van der Waals surface area contributed by atoms with Crippen LogP contribution >= 0.6 is 0 Å². The van der Waals surface area contributed by atoms with Crippen molar-refractivity contribution in [3.05, 3.63) is 96.1 Å². The molecule has 0 saturated carbocycles. The van der Waals surface area contributed by atoms with Crippen molar-refractivity contribution in [2.24, 2.45) is 0 Å². The van der Waals surface area contributed by atoms with Gasteiger partial charge < -0.3 is 5.32 Å². The molecule has 0 unspecified atom stereocenters. The maximum Gasteiger partial charge on any atom is 0.247 e. The van der Waals surface area contributed by atoms with E-state index < -0.39 is 27.4 Å². The molecule has 0 aromatic heterocycles. The lowest BCUT2D eigenvalue weighted by Gasteiger charge is -2.46. The average molecular weight is 492 g/mol. The summed E-state index contributed by atoms with van der Waals surface area (Å²) in [5, 5.41) is 2.92. The van der Waals surface area contributed by atoms with Crippen LogP contribution in [0, 0.1) is 0 Å². The van der Waals surface area contributed by atoms with E-state index in [1.165, 1.54) is 17.0 Å². The number of carbonyl (C=O) groups excluding carboxylic acids is 2. The lowest BCUT2D eigenvalue weighted by molar-refractivity contribution is -0.133. The van der Waals surface area contributed by atoms with Crippen molar-refractivity contribution in [3.8, 4) is 0 Å². The first-order valence-corrected chi connectivity index (χ1v) is 13.0. The van der Waals surface area contributed by atoms with Crippen molar-refractivity contribution in [2.45, 2.75) is 37.2 Å². The van der Waals surface area contributed by atoms with Crippen molar-refractivity contribution in [1.29, 1.82) is 0 Å². The Bertz CT molecular complexity index is 1310. The molecule has 35 heavy (non-hydrogen) atoms. The van der Waals surface area contributed by atoms with Crippen LogP contribution in [-0.2, 0) is 32.6 Å². The fraction of sp³-hybridized carbons (Fsp3) is 0.259. The molecule has 182 valence electrons. The number of anilines is 1. The predicted molar refractivity (Wildman–Crippen MR) is 135 cm³/mol. The number of nitrogens with one attached hydrogen (secondary N) is 1. The van der Waals surface area contributed by atoms with Gasteiger partial charge in [0.1, 0.15) is 5.54 Å². The molecule has 0 spiro atoms. The summed E-state index contributed by atoms with van der Waals surface area (Å²) < 4.78 is 27.9. The fourth-order valence-electron chi connectivity index (χ4n) is 4.36. The number of piperazine rings is 1. The van der Waals surface area contributed by atoms with Gasteiger partial charge in [0.05, 0.1) is 11.4 Å². The third-order valence-corrected chi connectivity index (χ3v) is 8.09. The Morgan fingerprint density at radius 2 is 1.57 bits per heavy atom. The molecule has 1 aliphatic rings. The zero-order valence-electron chi connectivity index (χ0n) is 19.8. The summed E-state index contributed by atoms with van der Waals surface area (Å²) in [5.41, 5.74) is 1.03. The Morgan fingerprint density at radius 1 is 0.943 bits per heavy atom. The topological polar surface area (TPSA) is 86.8 Å². The van der Waals surface area contributed by atoms with Crippen LogP contribution in [0.25, 0.3) is 0 Å². The van der Waals surface area contributed by atoms with Crippen LogP contribution in [0.3, 0.4) is 0 Å². The molecule has 2 amide bonds. The molecule has 0 aliphatic carbocycles. The van der Waals surface area contributed by atoms with Gasteiger partial charge in [0.2, 0.25) is 21.8 Å². The number of amides is 2. The van der Waals surface area contributed by atoms with E-state index in [2.05, 4.69) is 5.32 Å². The van der Waals surface area contributed by atoms with Gasteiger partial charge in [0.25, 0.3) is 0 Å². The Morgan fingerprint density at radius 3 is 2.23 bits per heavy atom. The smallest absolute Gasteiger partial charge is 0.247 e. The van der Waals surface area contributed by atoms with Gasteiger partial charge in [-0.1, -0.05) is 67.6 Å². The quantitative estimate of drug-likeness (QED) is 0.549. The summed E-state index contributed by atoms with van der Waals surface area (Å²) in [6, 6.07) is 24.9. The minimum Gasteiger partial charge on any atom is -0.350 e. The molecule has 1 atom stereocenters. The predicted octanol–water partition coefficient (Wildman–Crippen LogP) is 3.36. The molecule has 1 fully saturated rings. The van der Waals surface area contributed by atoms with Gasteiger partial charge in [-0.2, -0.15) is 4.31 Å². The maximum atomic E-state index is 13.7. The number of hydrogen-bond acceptors (Lipinski definition) is 4. The number of rotatable bonds is 7. The highest BCUT2D eigenvalue weighted by Gasteiger charge is 2.51. The lowest BCUT2D eigenvalue weighted by atomic mass is 9.94. The number of nitrogens with zero attached hydrogens (tertiary/aromatic N) is 2. The third kappa shape index (κ3) is 4.99. The van der Waals surface area contributed by atoms with E-state index in [9.17, 15) is 18.0 Å². The number of aryl methyl sites for hydroxylation is 1. The maximum absolute atomic E-state index is 13.7. The number of sulfonamides is 1. The summed E-state index contributed by atoms with van der Waals surface area (Å²) in [5.74, 6) is -0.883. The molecule has 1 saturated heterocycles. The van der Waals surface area contributed by atoms with E-state index in [4.69, 9.17) is 0 Å². The van der Waals surface area contributed by atoms with Gasteiger partial charge >= 0.3 is 0 Å². The summed E-state index contributed by atoms with van der Waals surface area (Å²) in [7, 11) is -3.98. The van der Waals surface area contributed by atoms with E-state index in [1.807, 2.05) is 55.5 Å². The number of benzene rings is 3. The van der Waals surface area contributed by atoms with Crippen LogP contribution in [0.5, 0.6) is 0 Å². The lowest BCUT2D eigenvalue weighted by Crippen LogP contribution is -2.70. The monoisotopic (exact) mass is 491 g/mol. The molecule has 0 radical (unpaired) electrons. The highest BCUT2D eigenvalue weighted by atomic mass is 32.2. The second-order valence-electron chi connectivity index (χ2n) is 8.78. The van der Waals surface area contributed by atoms with Crippen molar-refractivity contribution >= 4 is 27.5 Å². The van der Waals surface area contributed by atoms with E-state index in [-0.39, 0.29) is 24.5 Å². The van der Waals surface area contributed by atoms with Crippen LogP contribution in [0.2, 0.25) is 0 Å². The molecule has 3 aromatic rings. The summed E-state index contributed by atoms with van der Waals surface area (Å²) in [6.45, 7) is 3.37. The highest BCUT2D eigenvalue weighted by Crippen LogP contribution is 2.32.